The van der Waals surface area contributed by atoms with Crippen LogP contribution in [0.3, 0.4) is 0 Å². The van der Waals surface area contributed by atoms with Gasteiger partial charge in [-0.15, -0.1) is 16.8 Å². The number of aliphatic carboxylic acids is 1. The molecule has 1 aliphatic rings. The van der Waals surface area contributed by atoms with Crippen LogP contribution in [-0.2, 0) is 16.9 Å². The summed E-state index contributed by atoms with van der Waals surface area (Å²) in [6, 6.07) is 5.67. The van der Waals surface area contributed by atoms with Crippen LogP contribution in [0.2, 0.25) is 0 Å². The number of alkyl halides is 3. The second-order valence-electron chi connectivity index (χ2n) is 7.18. The maximum atomic E-state index is 13.0. The number of benzene rings is 1. The molecule has 0 spiro atoms. The maximum Gasteiger partial charge on any atom is 0.442 e. The molecule has 0 bridgehead atoms. The molecule has 1 aromatic carbocycles. The number of carboxylic acid groups (broad SMARTS) is 1. The summed E-state index contributed by atoms with van der Waals surface area (Å²) in [5, 5.41) is 26.1. The number of hydrogen-bond acceptors (Lipinski definition) is 4. The van der Waals surface area contributed by atoms with E-state index in [4.69, 9.17) is 0 Å². The van der Waals surface area contributed by atoms with Gasteiger partial charge in [-0.3, -0.25) is 4.79 Å². The van der Waals surface area contributed by atoms with E-state index >= 15 is 0 Å². The molecule has 0 aliphatic carbocycles. The molecule has 148 valence electrons. The molecule has 27 heavy (non-hydrogen) atoms. The van der Waals surface area contributed by atoms with E-state index in [0.29, 0.717) is 18.4 Å². The van der Waals surface area contributed by atoms with E-state index in [-0.39, 0.29) is 17.9 Å². The van der Waals surface area contributed by atoms with Crippen LogP contribution < -0.4 is 0 Å². The number of aliphatic hydroxyl groups excluding tert-OH is 1. The lowest BCUT2D eigenvalue weighted by atomic mass is 9.83. The lowest BCUT2D eigenvalue weighted by Gasteiger charge is -2.25. The third-order valence-corrected chi connectivity index (χ3v) is 4.76. The van der Waals surface area contributed by atoms with Crippen LogP contribution in [0.5, 0.6) is 0 Å². The molecule has 1 unspecified atom stereocenters. The first-order chi connectivity index (χ1) is 12.5. The highest BCUT2D eigenvalue weighted by Gasteiger charge is 2.65. The topological polar surface area (TPSA) is 82.2 Å². The SMILES string of the molecule is C=C(C)CC(C)[C@@H](C(=O)O)[C@@H](O)CCc1ccc(C2(C(F)(F)F)N=N2)cc1. The Labute approximate surface area is 155 Å². The van der Waals surface area contributed by atoms with Crippen molar-refractivity contribution in [3.63, 3.8) is 0 Å². The van der Waals surface area contributed by atoms with Gasteiger partial charge in [-0.05, 0) is 37.7 Å². The highest BCUT2D eigenvalue weighted by Crippen LogP contribution is 2.52. The molecule has 1 aromatic rings. The summed E-state index contributed by atoms with van der Waals surface area (Å²) in [7, 11) is 0. The van der Waals surface area contributed by atoms with Gasteiger partial charge >= 0.3 is 17.8 Å². The number of aryl methyl sites for hydroxylation is 1. The van der Waals surface area contributed by atoms with Gasteiger partial charge in [-0.1, -0.05) is 36.8 Å². The number of hydrogen-bond donors (Lipinski definition) is 2. The third-order valence-electron chi connectivity index (χ3n) is 4.76. The van der Waals surface area contributed by atoms with Crippen molar-refractivity contribution in [2.45, 2.75) is 51.1 Å². The Balaban J connectivity index is 1.99. The molecule has 0 saturated carbocycles. The van der Waals surface area contributed by atoms with Crippen molar-refractivity contribution >= 4 is 5.97 Å². The highest BCUT2D eigenvalue weighted by atomic mass is 19.4. The first kappa shape index (κ1) is 21.1. The predicted molar refractivity (Wildman–Crippen MR) is 93.1 cm³/mol. The maximum absolute atomic E-state index is 13.0. The van der Waals surface area contributed by atoms with Crippen LogP contribution in [0, 0.1) is 11.8 Å². The van der Waals surface area contributed by atoms with Crippen LogP contribution in [0.25, 0.3) is 0 Å². The van der Waals surface area contributed by atoms with Crippen molar-refractivity contribution in [1.82, 2.24) is 0 Å². The first-order valence-corrected chi connectivity index (χ1v) is 8.63. The average Bonchev–Trinajstić information content (AvgIpc) is 3.34. The van der Waals surface area contributed by atoms with Gasteiger partial charge in [0, 0.05) is 5.56 Å². The first-order valence-electron chi connectivity index (χ1n) is 8.63. The van der Waals surface area contributed by atoms with E-state index in [2.05, 4.69) is 16.8 Å². The average molecular weight is 384 g/mol. The van der Waals surface area contributed by atoms with Gasteiger partial charge in [0.2, 0.25) is 0 Å². The number of allylic oxidation sites excluding steroid dienone is 1. The smallest absolute Gasteiger partial charge is 0.442 e. The van der Waals surface area contributed by atoms with Crippen LogP contribution in [-0.4, -0.2) is 28.5 Å². The molecule has 2 rings (SSSR count). The second-order valence-corrected chi connectivity index (χ2v) is 7.18. The van der Waals surface area contributed by atoms with Crippen molar-refractivity contribution in [3.05, 3.63) is 47.5 Å². The molecule has 0 saturated heterocycles. The van der Waals surface area contributed by atoms with Gasteiger partial charge in [-0.2, -0.15) is 13.2 Å². The Morgan fingerprint density at radius 3 is 2.22 bits per heavy atom. The molecule has 1 heterocycles. The zero-order valence-electron chi connectivity index (χ0n) is 15.2. The summed E-state index contributed by atoms with van der Waals surface area (Å²) in [5.41, 5.74) is -0.964. The van der Waals surface area contributed by atoms with Gasteiger partial charge in [0.25, 0.3) is 0 Å². The number of carbonyl (C=O) groups is 1. The molecular weight excluding hydrogens is 361 g/mol. The number of carboxylic acids is 1. The van der Waals surface area contributed by atoms with E-state index in [0.717, 1.165) is 5.57 Å². The summed E-state index contributed by atoms with van der Waals surface area (Å²) in [4.78, 5) is 11.5. The van der Waals surface area contributed by atoms with Crippen molar-refractivity contribution < 1.29 is 28.2 Å². The van der Waals surface area contributed by atoms with Gasteiger partial charge < -0.3 is 10.2 Å². The Bertz CT molecular complexity index is 723. The van der Waals surface area contributed by atoms with Gasteiger partial charge in [-0.25, -0.2) is 0 Å². The van der Waals surface area contributed by atoms with Crippen molar-refractivity contribution in [2.75, 3.05) is 0 Å². The Kier molecular flexibility index (Phi) is 6.09. The number of nitrogens with zero attached hydrogens (tertiary/aromatic N) is 2. The molecule has 0 radical (unpaired) electrons. The number of aliphatic hydroxyl groups is 1. The van der Waals surface area contributed by atoms with Gasteiger partial charge in [0.05, 0.1) is 12.0 Å². The van der Waals surface area contributed by atoms with Gasteiger partial charge in [0.15, 0.2) is 0 Å². The van der Waals surface area contributed by atoms with Crippen LogP contribution in [0.1, 0.15) is 37.8 Å². The lowest BCUT2D eigenvalue weighted by molar-refractivity contribution is -0.166. The zero-order chi connectivity index (χ0) is 20.4. The minimum atomic E-state index is -4.57. The van der Waals surface area contributed by atoms with Crippen LogP contribution >= 0.6 is 0 Å². The molecule has 0 amide bonds. The fraction of sp³-hybridized carbons (Fsp3) is 0.526. The third kappa shape index (κ3) is 4.74. The van der Waals surface area contributed by atoms with Crippen LogP contribution in [0.4, 0.5) is 13.2 Å². The molecule has 1 aliphatic heterocycles. The molecule has 2 N–H and O–H groups in total. The molecule has 5 nitrogen and oxygen atoms in total. The molecule has 8 heteroatoms. The van der Waals surface area contributed by atoms with E-state index < -0.39 is 29.8 Å². The number of halogens is 3. The largest absolute Gasteiger partial charge is 0.481 e. The van der Waals surface area contributed by atoms with E-state index in [1.807, 2.05) is 0 Å². The highest BCUT2D eigenvalue weighted by molar-refractivity contribution is 5.71. The minimum Gasteiger partial charge on any atom is -0.481 e. The van der Waals surface area contributed by atoms with Crippen molar-refractivity contribution in [2.24, 2.45) is 22.1 Å². The lowest BCUT2D eigenvalue weighted by Crippen LogP contribution is -2.34. The van der Waals surface area contributed by atoms with Crippen molar-refractivity contribution in [1.29, 1.82) is 0 Å². The Morgan fingerprint density at radius 1 is 1.26 bits per heavy atom. The van der Waals surface area contributed by atoms with E-state index in [9.17, 15) is 28.2 Å². The Hall–Kier alpha value is -2.22. The normalized spacial score (nSPS) is 18.6. The molecule has 3 atom stereocenters. The monoisotopic (exact) mass is 384 g/mol. The molecular formula is C19H23F3N2O3. The number of rotatable bonds is 9. The molecule has 0 fully saturated rings. The predicted octanol–water partition coefficient (Wildman–Crippen LogP) is 4.46. The van der Waals surface area contributed by atoms with E-state index in [1.54, 1.807) is 13.8 Å². The van der Waals surface area contributed by atoms with Crippen molar-refractivity contribution in [3.8, 4) is 0 Å². The summed E-state index contributed by atoms with van der Waals surface area (Å²) in [6.07, 6.45) is -4.60. The minimum absolute atomic E-state index is 0.0576. The fourth-order valence-electron chi connectivity index (χ4n) is 3.30. The second kappa shape index (κ2) is 7.80. The summed E-state index contributed by atoms with van der Waals surface area (Å²) in [6.45, 7) is 7.33. The standard InChI is InChI=1S/C19H23F3N2O3/c1-11(2)10-12(3)16(17(26)27)15(25)9-6-13-4-7-14(8-5-13)18(23-24-18)19(20,21)22/h4-5,7-8,12,15-16,25H,1,6,9-10H2,2-3H3,(H,26,27)/t12?,15-,16+/m0/s1. The fourth-order valence-corrected chi connectivity index (χ4v) is 3.30. The summed E-state index contributed by atoms with van der Waals surface area (Å²) in [5.74, 6) is -2.28. The Morgan fingerprint density at radius 2 is 1.81 bits per heavy atom. The quantitative estimate of drug-likeness (QED) is 0.617. The zero-order valence-corrected chi connectivity index (χ0v) is 15.2. The van der Waals surface area contributed by atoms with Crippen LogP contribution in [0.15, 0.2) is 46.6 Å². The summed E-state index contributed by atoms with van der Waals surface area (Å²) < 4.78 is 39.0. The molecule has 0 aromatic heterocycles. The van der Waals surface area contributed by atoms with Gasteiger partial charge in [0.1, 0.15) is 0 Å². The summed E-state index contributed by atoms with van der Waals surface area (Å²) >= 11 is 0. The van der Waals surface area contributed by atoms with E-state index in [1.165, 1.54) is 24.3 Å².